The summed E-state index contributed by atoms with van der Waals surface area (Å²) in [5, 5.41) is 5.67. The number of rotatable bonds is 8. The second-order valence-corrected chi connectivity index (χ2v) is 7.72. The van der Waals surface area contributed by atoms with Gasteiger partial charge in [0, 0.05) is 23.5 Å². The van der Waals surface area contributed by atoms with Crippen molar-refractivity contribution in [2.24, 2.45) is 0 Å². The number of hydrogen-bond acceptors (Lipinski definition) is 4. The number of carbonyl (C=O) groups is 2. The summed E-state index contributed by atoms with van der Waals surface area (Å²) < 4.78 is 5.77. The Hall–Kier alpha value is -4.58. The van der Waals surface area contributed by atoms with Crippen molar-refractivity contribution < 1.29 is 14.3 Å². The topological polar surface area (TPSA) is 93.5 Å². The van der Waals surface area contributed by atoms with Crippen LogP contribution in [-0.2, 0) is 13.2 Å². The van der Waals surface area contributed by atoms with Crippen molar-refractivity contribution >= 4 is 23.2 Å². The lowest BCUT2D eigenvalue weighted by atomic mass is 10.1. The Morgan fingerprint density at radius 1 is 0.735 bits per heavy atom. The molecule has 4 N–H and O–H groups in total. The van der Waals surface area contributed by atoms with Gasteiger partial charge in [0.1, 0.15) is 12.4 Å². The Bertz CT molecular complexity index is 1260. The molecule has 0 saturated heterocycles. The molecule has 34 heavy (non-hydrogen) atoms. The predicted octanol–water partition coefficient (Wildman–Crippen LogP) is 5.03. The summed E-state index contributed by atoms with van der Waals surface area (Å²) in [5.41, 5.74) is 9.69. The van der Waals surface area contributed by atoms with Crippen LogP contribution in [0.1, 0.15) is 31.8 Å². The number of benzene rings is 4. The molecule has 0 bridgehead atoms. The minimum Gasteiger partial charge on any atom is -0.489 e. The summed E-state index contributed by atoms with van der Waals surface area (Å²) in [6.45, 7) is 0.865. The first-order valence-electron chi connectivity index (χ1n) is 10.9. The van der Waals surface area contributed by atoms with E-state index in [4.69, 9.17) is 10.5 Å². The number of nitrogens with one attached hydrogen (secondary N) is 2. The van der Waals surface area contributed by atoms with Crippen LogP contribution < -0.4 is 21.1 Å². The third-order valence-electron chi connectivity index (χ3n) is 5.21. The zero-order valence-corrected chi connectivity index (χ0v) is 18.5. The number of nitrogen functional groups attached to an aromatic ring is 1. The van der Waals surface area contributed by atoms with Crippen LogP contribution in [0.15, 0.2) is 103 Å². The molecule has 0 fully saturated rings. The Labute approximate surface area is 198 Å². The molecule has 4 aromatic carbocycles. The molecule has 0 aliphatic rings. The lowest BCUT2D eigenvalue weighted by molar-refractivity contribution is 0.0950. The van der Waals surface area contributed by atoms with Gasteiger partial charge in [-0.15, -0.1) is 0 Å². The van der Waals surface area contributed by atoms with E-state index >= 15 is 0 Å². The third-order valence-corrected chi connectivity index (χ3v) is 5.21. The van der Waals surface area contributed by atoms with Gasteiger partial charge in [-0.2, -0.15) is 0 Å². The zero-order chi connectivity index (χ0) is 23.8. The molecule has 0 aromatic heterocycles. The third kappa shape index (κ3) is 6.01. The van der Waals surface area contributed by atoms with E-state index < -0.39 is 0 Å². The van der Waals surface area contributed by atoms with Gasteiger partial charge in [0.05, 0.1) is 5.56 Å². The highest BCUT2D eigenvalue weighted by Crippen LogP contribution is 2.19. The van der Waals surface area contributed by atoms with Gasteiger partial charge in [0.15, 0.2) is 0 Å². The van der Waals surface area contributed by atoms with Crippen molar-refractivity contribution in [3.63, 3.8) is 0 Å². The first-order chi connectivity index (χ1) is 16.6. The van der Waals surface area contributed by atoms with Gasteiger partial charge in [-0.1, -0.05) is 60.7 Å². The number of carbonyl (C=O) groups excluding carboxylic acids is 2. The van der Waals surface area contributed by atoms with Crippen molar-refractivity contribution in [2.75, 3.05) is 11.1 Å². The molecule has 0 atom stereocenters. The van der Waals surface area contributed by atoms with E-state index in [1.54, 1.807) is 36.4 Å². The summed E-state index contributed by atoms with van der Waals surface area (Å²) in [4.78, 5) is 25.1. The monoisotopic (exact) mass is 451 g/mol. The fourth-order valence-corrected chi connectivity index (χ4v) is 3.36. The van der Waals surface area contributed by atoms with Gasteiger partial charge < -0.3 is 21.1 Å². The van der Waals surface area contributed by atoms with Crippen molar-refractivity contribution in [1.29, 1.82) is 0 Å². The maximum atomic E-state index is 12.7. The normalized spacial score (nSPS) is 10.4. The number of ether oxygens (including phenoxy) is 1. The Balaban J connectivity index is 1.33. The van der Waals surface area contributed by atoms with Crippen LogP contribution >= 0.6 is 0 Å². The second-order valence-electron chi connectivity index (χ2n) is 7.72. The zero-order valence-electron chi connectivity index (χ0n) is 18.5. The van der Waals surface area contributed by atoms with Gasteiger partial charge in [0.25, 0.3) is 11.8 Å². The van der Waals surface area contributed by atoms with E-state index in [1.807, 2.05) is 60.7 Å². The lowest BCUT2D eigenvalue weighted by Crippen LogP contribution is -2.24. The smallest absolute Gasteiger partial charge is 0.255 e. The maximum absolute atomic E-state index is 12.7. The SMILES string of the molecule is Nc1cc(C(=O)Nc2ccc(OCc3ccccc3)cc2)ccc1C(=O)NCc1ccccc1. The molecule has 6 nitrogen and oxygen atoms in total. The molecule has 4 rings (SSSR count). The first-order valence-corrected chi connectivity index (χ1v) is 10.9. The van der Waals surface area contributed by atoms with Crippen molar-refractivity contribution in [3.05, 3.63) is 125 Å². The van der Waals surface area contributed by atoms with Crippen LogP contribution in [0.4, 0.5) is 11.4 Å². The predicted molar refractivity (Wildman–Crippen MR) is 134 cm³/mol. The molecule has 0 aliphatic carbocycles. The van der Waals surface area contributed by atoms with Crippen LogP contribution in [0.5, 0.6) is 5.75 Å². The fraction of sp³-hybridized carbons (Fsp3) is 0.0714. The summed E-state index contributed by atoms with van der Waals surface area (Å²) in [6.07, 6.45) is 0. The van der Waals surface area contributed by atoms with Crippen LogP contribution in [0.3, 0.4) is 0 Å². The molecule has 0 unspecified atom stereocenters. The van der Waals surface area contributed by atoms with E-state index in [9.17, 15) is 9.59 Å². The van der Waals surface area contributed by atoms with E-state index in [0.717, 1.165) is 11.1 Å². The van der Waals surface area contributed by atoms with Gasteiger partial charge in [0.2, 0.25) is 0 Å². The average Bonchev–Trinajstić information content (AvgIpc) is 2.88. The van der Waals surface area contributed by atoms with Crippen LogP contribution in [0.2, 0.25) is 0 Å². The number of amides is 2. The molecule has 6 heteroatoms. The van der Waals surface area contributed by atoms with E-state index in [1.165, 1.54) is 6.07 Å². The molecule has 0 radical (unpaired) electrons. The average molecular weight is 452 g/mol. The maximum Gasteiger partial charge on any atom is 0.255 e. The summed E-state index contributed by atoms with van der Waals surface area (Å²) in [7, 11) is 0. The summed E-state index contributed by atoms with van der Waals surface area (Å²) >= 11 is 0. The van der Waals surface area contributed by atoms with Gasteiger partial charge in [-0.25, -0.2) is 0 Å². The molecule has 2 amide bonds. The van der Waals surface area contributed by atoms with Crippen molar-refractivity contribution in [3.8, 4) is 5.75 Å². The second kappa shape index (κ2) is 10.8. The minimum atomic E-state index is -0.319. The highest BCUT2D eigenvalue weighted by molar-refractivity contribution is 6.07. The first kappa shape index (κ1) is 22.6. The number of nitrogens with two attached hydrogens (primary N) is 1. The van der Waals surface area contributed by atoms with Gasteiger partial charge >= 0.3 is 0 Å². The molecular weight excluding hydrogens is 426 g/mol. The van der Waals surface area contributed by atoms with E-state index in [0.29, 0.717) is 35.7 Å². The largest absolute Gasteiger partial charge is 0.489 e. The Morgan fingerprint density at radius 3 is 2.03 bits per heavy atom. The molecule has 0 spiro atoms. The molecule has 170 valence electrons. The molecule has 0 saturated carbocycles. The standard InChI is InChI=1S/C28H25N3O3/c29-26-17-22(11-16-25(26)28(33)30-18-20-7-3-1-4-8-20)27(32)31-23-12-14-24(15-13-23)34-19-21-9-5-2-6-10-21/h1-17H,18-19,29H2,(H,30,33)(H,31,32). The van der Waals surface area contributed by atoms with Gasteiger partial charge in [-0.3, -0.25) is 9.59 Å². The summed E-state index contributed by atoms with van der Waals surface area (Å²) in [6, 6.07) is 31.3. The highest BCUT2D eigenvalue weighted by atomic mass is 16.5. The lowest BCUT2D eigenvalue weighted by Gasteiger charge is -2.11. The molecule has 0 aliphatic heterocycles. The van der Waals surface area contributed by atoms with Crippen LogP contribution in [0.25, 0.3) is 0 Å². The van der Waals surface area contributed by atoms with Gasteiger partial charge in [-0.05, 0) is 53.6 Å². The van der Waals surface area contributed by atoms with Crippen LogP contribution in [0, 0.1) is 0 Å². The number of hydrogen-bond donors (Lipinski definition) is 3. The van der Waals surface area contributed by atoms with Crippen molar-refractivity contribution in [2.45, 2.75) is 13.2 Å². The Kier molecular flexibility index (Phi) is 7.20. The number of anilines is 2. The summed E-state index contributed by atoms with van der Waals surface area (Å²) in [5.74, 6) is 0.0947. The van der Waals surface area contributed by atoms with Crippen molar-refractivity contribution in [1.82, 2.24) is 5.32 Å². The molecule has 0 heterocycles. The fourth-order valence-electron chi connectivity index (χ4n) is 3.36. The molecular formula is C28H25N3O3. The quantitative estimate of drug-likeness (QED) is 0.328. The Morgan fingerprint density at radius 2 is 1.38 bits per heavy atom. The van der Waals surface area contributed by atoms with E-state index in [-0.39, 0.29) is 17.5 Å². The highest BCUT2D eigenvalue weighted by Gasteiger charge is 2.13. The van der Waals surface area contributed by atoms with E-state index in [2.05, 4.69) is 10.6 Å². The minimum absolute atomic E-state index is 0.239. The van der Waals surface area contributed by atoms with Crippen LogP contribution in [-0.4, -0.2) is 11.8 Å². The molecule has 4 aromatic rings.